The van der Waals surface area contributed by atoms with Crippen LogP contribution in [-0.4, -0.2) is 64.1 Å². The number of nitrogen functional groups attached to an aromatic ring is 1. The Balaban J connectivity index is 1.32. The monoisotopic (exact) mass is 563 g/mol. The van der Waals surface area contributed by atoms with Gasteiger partial charge in [-0.25, -0.2) is 15.0 Å². The lowest BCUT2D eigenvalue weighted by Crippen LogP contribution is -2.30. The molecule has 3 aromatic heterocycles. The highest BCUT2D eigenvalue weighted by molar-refractivity contribution is 6.04. The second-order valence-corrected chi connectivity index (χ2v) is 10.6. The van der Waals surface area contributed by atoms with Crippen LogP contribution in [0.5, 0.6) is 17.4 Å². The van der Waals surface area contributed by atoms with Gasteiger partial charge in [0.25, 0.3) is 0 Å². The summed E-state index contributed by atoms with van der Waals surface area (Å²) in [7, 11) is 5.41. The summed E-state index contributed by atoms with van der Waals surface area (Å²) in [6, 6.07) is 11.3. The van der Waals surface area contributed by atoms with E-state index in [0.29, 0.717) is 47.2 Å². The Morgan fingerprint density at radius 1 is 1.21 bits per heavy atom. The molecule has 4 aromatic rings. The average Bonchev–Trinajstić information content (AvgIpc) is 3.29. The van der Waals surface area contributed by atoms with E-state index >= 15 is 0 Å². The van der Waals surface area contributed by atoms with Crippen LogP contribution in [0.3, 0.4) is 0 Å². The first kappa shape index (κ1) is 27.3. The van der Waals surface area contributed by atoms with E-state index in [9.17, 15) is 4.79 Å². The smallest absolute Gasteiger partial charge is 0.246 e. The molecular formula is C32H33N7O3. The molecular weight excluding hydrogens is 530 g/mol. The number of hydrogen-bond acceptors (Lipinski definition) is 8. The molecule has 3 N–H and O–H groups in total. The molecule has 6 rings (SSSR count). The van der Waals surface area contributed by atoms with Gasteiger partial charge in [-0.3, -0.25) is 4.79 Å². The molecule has 1 aliphatic heterocycles. The molecule has 0 bridgehead atoms. The fourth-order valence-corrected chi connectivity index (χ4v) is 5.78. The second-order valence-electron chi connectivity index (χ2n) is 10.6. The van der Waals surface area contributed by atoms with Crippen molar-refractivity contribution in [2.24, 2.45) is 24.8 Å². The first-order valence-corrected chi connectivity index (χ1v) is 13.9. The normalized spacial score (nSPS) is 19.0. The molecule has 1 saturated heterocycles. The maximum atomic E-state index is 12.5. The van der Waals surface area contributed by atoms with Gasteiger partial charge in [0, 0.05) is 67.6 Å². The minimum atomic E-state index is 0.0619. The fourth-order valence-electron chi connectivity index (χ4n) is 5.78. The van der Waals surface area contributed by atoms with Crippen LogP contribution in [0.1, 0.15) is 11.4 Å². The molecule has 1 aromatic carbocycles. The van der Waals surface area contributed by atoms with Gasteiger partial charge in [-0.1, -0.05) is 18.1 Å². The van der Waals surface area contributed by atoms with Gasteiger partial charge < -0.3 is 30.0 Å². The first-order chi connectivity index (χ1) is 20.4. The number of aryl methyl sites for hydroxylation is 2. The number of hydrogen-bond donors (Lipinski definition) is 2. The second kappa shape index (κ2) is 11.2. The number of amides is 1. The first-order valence-electron chi connectivity index (χ1n) is 13.9. The van der Waals surface area contributed by atoms with Crippen LogP contribution in [0.4, 0.5) is 5.82 Å². The summed E-state index contributed by atoms with van der Waals surface area (Å²) in [6.07, 6.45) is 4.96. The quantitative estimate of drug-likeness (QED) is 0.259. The zero-order chi connectivity index (χ0) is 29.4. The van der Waals surface area contributed by atoms with Gasteiger partial charge in [-0.05, 0) is 49.9 Å². The summed E-state index contributed by atoms with van der Waals surface area (Å²) in [6.45, 7) is 4.06. The van der Waals surface area contributed by atoms with E-state index in [0.717, 1.165) is 41.0 Å². The number of ether oxygens (including phenoxy) is 2. The predicted octanol–water partition coefficient (Wildman–Crippen LogP) is 3.55. The van der Waals surface area contributed by atoms with Gasteiger partial charge in [-0.2, -0.15) is 0 Å². The summed E-state index contributed by atoms with van der Waals surface area (Å²) in [4.78, 5) is 27.6. The third-order valence-electron chi connectivity index (χ3n) is 7.97. The van der Waals surface area contributed by atoms with E-state index in [2.05, 4.69) is 32.1 Å². The Kier molecular flexibility index (Phi) is 7.27. The minimum absolute atomic E-state index is 0.0619. The number of rotatable bonds is 7. The highest BCUT2D eigenvalue weighted by Crippen LogP contribution is 2.51. The Hall–Kier alpha value is -4.88. The van der Waals surface area contributed by atoms with Gasteiger partial charge in [0.15, 0.2) is 0 Å². The van der Waals surface area contributed by atoms with Gasteiger partial charge in [-0.15, -0.1) is 0 Å². The van der Waals surface area contributed by atoms with Crippen molar-refractivity contribution in [2.45, 2.75) is 6.92 Å². The van der Waals surface area contributed by atoms with Crippen LogP contribution in [0, 0.1) is 36.5 Å². The summed E-state index contributed by atoms with van der Waals surface area (Å²) in [5.41, 5.74) is 10.4. The predicted molar refractivity (Wildman–Crippen MR) is 161 cm³/mol. The van der Waals surface area contributed by atoms with Crippen LogP contribution in [-0.2, 0) is 11.8 Å². The Morgan fingerprint density at radius 3 is 2.76 bits per heavy atom. The summed E-state index contributed by atoms with van der Waals surface area (Å²) < 4.78 is 13.8. The Bertz CT molecular complexity index is 1760. The van der Waals surface area contributed by atoms with Gasteiger partial charge in [0.05, 0.1) is 12.5 Å². The lowest BCUT2D eigenvalue weighted by Gasteiger charge is -2.16. The molecule has 1 saturated carbocycles. The van der Waals surface area contributed by atoms with E-state index in [-0.39, 0.29) is 11.8 Å². The van der Waals surface area contributed by atoms with E-state index < -0.39 is 0 Å². The van der Waals surface area contributed by atoms with Gasteiger partial charge >= 0.3 is 0 Å². The van der Waals surface area contributed by atoms with Crippen molar-refractivity contribution in [3.05, 3.63) is 66.3 Å². The number of pyridine rings is 1. The number of carbonyl (C=O) groups is 1. The van der Waals surface area contributed by atoms with Crippen molar-refractivity contribution in [1.29, 1.82) is 0 Å². The summed E-state index contributed by atoms with van der Waals surface area (Å²) in [5, 5.41) is 3.74. The van der Waals surface area contributed by atoms with Crippen LogP contribution in [0.15, 0.2) is 54.9 Å². The van der Waals surface area contributed by atoms with Crippen molar-refractivity contribution < 1.29 is 14.3 Å². The molecule has 1 aliphatic carbocycles. The molecule has 4 heterocycles. The number of likely N-dealkylation sites (N-methyl/N-ethyl adjacent to an activating group) is 1. The maximum absolute atomic E-state index is 12.5. The maximum Gasteiger partial charge on any atom is 0.246 e. The van der Waals surface area contributed by atoms with Crippen LogP contribution >= 0.6 is 0 Å². The zero-order valence-corrected chi connectivity index (χ0v) is 24.1. The topological polar surface area (TPSA) is 120 Å². The number of piperidine rings is 1. The van der Waals surface area contributed by atoms with Gasteiger partial charge in [0.1, 0.15) is 35.0 Å². The van der Waals surface area contributed by atoms with E-state index in [1.54, 1.807) is 13.2 Å². The molecule has 214 valence electrons. The summed E-state index contributed by atoms with van der Waals surface area (Å²) >= 11 is 0. The Labute approximate surface area is 244 Å². The lowest BCUT2D eigenvalue weighted by molar-refractivity contribution is -0.125. The molecule has 2 aliphatic rings. The number of anilines is 1. The van der Waals surface area contributed by atoms with Gasteiger partial charge in [0.2, 0.25) is 11.8 Å². The third-order valence-corrected chi connectivity index (χ3v) is 7.97. The number of nitrogens with two attached hydrogens (primary N) is 1. The molecule has 42 heavy (non-hydrogen) atoms. The van der Waals surface area contributed by atoms with Crippen molar-refractivity contribution in [3.63, 3.8) is 0 Å². The van der Waals surface area contributed by atoms with E-state index in [1.165, 1.54) is 6.33 Å². The van der Waals surface area contributed by atoms with Crippen molar-refractivity contribution in [3.8, 4) is 40.3 Å². The zero-order valence-electron chi connectivity index (χ0n) is 24.1. The van der Waals surface area contributed by atoms with E-state index in [4.69, 9.17) is 15.2 Å². The Morgan fingerprint density at radius 2 is 2.02 bits per heavy atom. The average molecular weight is 564 g/mol. The van der Waals surface area contributed by atoms with Crippen molar-refractivity contribution in [2.75, 3.05) is 39.5 Å². The third kappa shape index (κ3) is 5.03. The number of nitrogens with one attached hydrogen (secondary N) is 1. The molecule has 1 unspecified atom stereocenters. The molecule has 0 spiro atoms. The molecule has 1 amide bonds. The minimum Gasteiger partial charge on any atom is -0.496 e. The van der Waals surface area contributed by atoms with E-state index in [1.807, 2.05) is 73.0 Å². The standard InChI is InChI=1S/C32H33N7O3/c1-19-7-5-8-27(37-19)42-20-10-11-22(26(15-20)41-4)29-25(38(3)32-30(29)31(33)35-18-36-32)13-12-21-23-16-39(17-24(21)23)28(40)9-6-14-34-2/h5-11,15,18,21,23-24,34H,14,16-17H2,1-4H3,(H2,33,35,36)/b9-6+/t21?,23-,24+. The van der Waals surface area contributed by atoms with Crippen LogP contribution in [0.25, 0.3) is 22.2 Å². The number of benzene rings is 1. The highest BCUT2D eigenvalue weighted by atomic mass is 16.5. The fraction of sp³-hybridized carbons (Fsp3) is 0.312. The number of nitrogens with zero attached hydrogens (tertiary/aromatic N) is 5. The highest BCUT2D eigenvalue weighted by Gasteiger charge is 2.55. The molecule has 10 nitrogen and oxygen atoms in total. The van der Waals surface area contributed by atoms with Crippen LogP contribution in [0.2, 0.25) is 0 Å². The number of aromatic nitrogens is 4. The van der Waals surface area contributed by atoms with Crippen molar-refractivity contribution >= 4 is 22.8 Å². The summed E-state index contributed by atoms with van der Waals surface area (Å²) in [5.74, 6) is 10.1. The largest absolute Gasteiger partial charge is 0.496 e. The number of methoxy groups -OCH3 is 1. The molecule has 0 radical (unpaired) electrons. The number of likely N-dealkylation sites (tertiary alicyclic amines) is 1. The SMILES string of the molecule is CNC/C=C/C(=O)N1C[C@@H]2C(C#Cc3c(-c4ccc(Oc5cccc(C)n5)cc4OC)c4c(N)ncnc4n3C)[C@@H]2C1. The molecule has 2 fully saturated rings. The number of fused-ring (bicyclic) bond motifs is 2. The number of carbonyl (C=O) groups excluding carboxylic acids is 1. The van der Waals surface area contributed by atoms with Crippen molar-refractivity contribution in [1.82, 2.24) is 29.7 Å². The molecule has 10 heteroatoms. The lowest BCUT2D eigenvalue weighted by atomic mass is 10.0. The van der Waals surface area contributed by atoms with Crippen LogP contribution < -0.4 is 20.5 Å². The molecule has 3 atom stereocenters.